The molecule has 0 radical (unpaired) electrons. The second kappa shape index (κ2) is 6.09. The maximum absolute atomic E-state index is 11.7. The molecule has 1 aromatic rings. The predicted molar refractivity (Wildman–Crippen MR) is 65.1 cm³/mol. The quantitative estimate of drug-likeness (QED) is 0.875. The van der Waals surface area contributed by atoms with Gasteiger partial charge in [-0.25, -0.2) is 0 Å². The lowest BCUT2D eigenvalue weighted by molar-refractivity contribution is 0.0915. The van der Waals surface area contributed by atoms with Gasteiger partial charge in [-0.3, -0.25) is 4.79 Å². The monoisotopic (exact) mass is 261 g/mol. The molecule has 1 unspecified atom stereocenters. The van der Waals surface area contributed by atoms with Gasteiger partial charge >= 0.3 is 0 Å². The van der Waals surface area contributed by atoms with E-state index in [9.17, 15) is 4.79 Å². The van der Waals surface area contributed by atoms with Gasteiger partial charge < -0.3 is 10.4 Å². The van der Waals surface area contributed by atoms with Crippen LogP contribution in [0.2, 0.25) is 10.0 Å². The second-order valence-corrected chi connectivity index (χ2v) is 4.29. The number of hydrogen-bond donors (Lipinski definition) is 2. The van der Waals surface area contributed by atoms with Gasteiger partial charge in [0.1, 0.15) is 0 Å². The van der Waals surface area contributed by atoms with Crippen molar-refractivity contribution in [2.75, 3.05) is 6.61 Å². The molecule has 0 aliphatic rings. The first kappa shape index (κ1) is 13.3. The highest BCUT2D eigenvalue weighted by Gasteiger charge is 2.12. The van der Waals surface area contributed by atoms with Crippen LogP contribution in [0.25, 0.3) is 0 Å². The topological polar surface area (TPSA) is 49.3 Å². The minimum absolute atomic E-state index is 0.0868. The van der Waals surface area contributed by atoms with Crippen molar-refractivity contribution in [3.63, 3.8) is 0 Å². The maximum atomic E-state index is 11.7. The number of nitrogens with one attached hydrogen (secondary N) is 1. The van der Waals surface area contributed by atoms with Crippen LogP contribution in [0, 0.1) is 0 Å². The predicted octanol–water partition coefficient (Wildman–Crippen LogP) is 2.49. The summed E-state index contributed by atoms with van der Waals surface area (Å²) >= 11 is 11.6. The molecule has 2 N–H and O–H groups in total. The smallest absolute Gasteiger partial charge is 0.251 e. The van der Waals surface area contributed by atoms with Crippen LogP contribution in [-0.4, -0.2) is 23.7 Å². The van der Waals surface area contributed by atoms with Gasteiger partial charge in [0.15, 0.2) is 0 Å². The van der Waals surface area contributed by atoms with Gasteiger partial charge in [0, 0.05) is 15.6 Å². The number of amides is 1. The summed E-state index contributed by atoms with van der Waals surface area (Å²) < 4.78 is 0. The Bertz CT molecular complexity index is 358. The zero-order valence-electron chi connectivity index (χ0n) is 8.84. The molecule has 16 heavy (non-hydrogen) atoms. The van der Waals surface area contributed by atoms with Crippen molar-refractivity contribution in [2.45, 2.75) is 19.4 Å². The number of carbonyl (C=O) groups is 1. The van der Waals surface area contributed by atoms with Crippen LogP contribution in [0.3, 0.4) is 0 Å². The number of halogens is 2. The highest BCUT2D eigenvalue weighted by Crippen LogP contribution is 2.19. The lowest BCUT2D eigenvalue weighted by Crippen LogP contribution is -2.36. The summed E-state index contributed by atoms with van der Waals surface area (Å²) in [5.41, 5.74) is 0.393. The second-order valence-electron chi connectivity index (χ2n) is 3.42. The molecule has 1 rings (SSSR count). The van der Waals surface area contributed by atoms with Crippen molar-refractivity contribution < 1.29 is 9.90 Å². The van der Waals surface area contributed by atoms with E-state index in [1.165, 1.54) is 12.1 Å². The van der Waals surface area contributed by atoms with Crippen LogP contribution in [0.4, 0.5) is 0 Å². The first-order chi connectivity index (χ1) is 7.56. The Balaban J connectivity index is 2.80. The lowest BCUT2D eigenvalue weighted by atomic mass is 10.2. The fourth-order valence-electron chi connectivity index (χ4n) is 1.23. The van der Waals surface area contributed by atoms with E-state index in [2.05, 4.69) is 5.32 Å². The molecule has 1 aromatic carbocycles. The van der Waals surface area contributed by atoms with Crippen LogP contribution in [-0.2, 0) is 0 Å². The Kier molecular flexibility index (Phi) is 5.06. The first-order valence-corrected chi connectivity index (χ1v) is 5.70. The molecule has 0 heterocycles. The van der Waals surface area contributed by atoms with E-state index in [1.54, 1.807) is 6.07 Å². The van der Waals surface area contributed by atoms with Crippen LogP contribution >= 0.6 is 23.2 Å². The largest absolute Gasteiger partial charge is 0.394 e. The number of hydrogen-bond acceptors (Lipinski definition) is 2. The standard InChI is InChI=1S/C11H13Cl2NO2/c1-2-10(6-15)14-11(16)7-3-8(12)5-9(13)4-7/h3-5,10,15H,2,6H2,1H3,(H,14,16). The van der Waals surface area contributed by atoms with E-state index in [0.29, 0.717) is 22.0 Å². The Morgan fingerprint density at radius 2 is 1.94 bits per heavy atom. The summed E-state index contributed by atoms with van der Waals surface area (Å²) in [5.74, 6) is -0.287. The maximum Gasteiger partial charge on any atom is 0.251 e. The van der Waals surface area contributed by atoms with E-state index in [4.69, 9.17) is 28.3 Å². The zero-order chi connectivity index (χ0) is 12.1. The molecule has 1 atom stereocenters. The van der Waals surface area contributed by atoms with Gasteiger partial charge in [0.2, 0.25) is 0 Å². The molecule has 0 fully saturated rings. The molecular formula is C11H13Cl2NO2. The highest BCUT2D eigenvalue weighted by molar-refractivity contribution is 6.35. The fourth-order valence-corrected chi connectivity index (χ4v) is 1.76. The first-order valence-electron chi connectivity index (χ1n) is 4.94. The molecule has 88 valence electrons. The van der Waals surface area contributed by atoms with Gasteiger partial charge in [-0.15, -0.1) is 0 Å². The fraction of sp³-hybridized carbons (Fsp3) is 0.364. The third-order valence-corrected chi connectivity index (χ3v) is 2.61. The average molecular weight is 262 g/mol. The molecule has 0 saturated heterocycles. The van der Waals surface area contributed by atoms with Gasteiger partial charge in [-0.1, -0.05) is 30.1 Å². The Morgan fingerprint density at radius 1 is 1.38 bits per heavy atom. The molecule has 0 bridgehead atoms. The van der Waals surface area contributed by atoms with Gasteiger partial charge in [-0.05, 0) is 24.6 Å². The third-order valence-electron chi connectivity index (χ3n) is 2.17. The summed E-state index contributed by atoms with van der Waals surface area (Å²) in [7, 11) is 0. The van der Waals surface area contributed by atoms with E-state index < -0.39 is 0 Å². The average Bonchev–Trinajstić information content (AvgIpc) is 2.24. The third kappa shape index (κ3) is 3.67. The Morgan fingerprint density at radius 3 is 2.38 bits per heavy atom. The number of aliphatic hydroxyl groups excluding tert-OH is 1. The molecule has 0 aliphatic heterocycles. The van der Waals surface area contributed by atoms with Crippen LogP contribution in [0.15, 0.2) is 18.2 Å². The van der Waals surface area contributed by atoms with Crippen molar-refractivity contribution in [2.24, 2.45) is 0 Å². The molecule has 5 heteroatoms. The van der Waals surface area contributed by atoms with E-state index in [-0.39, 0.29) is 18.6 Å². The molecule has 0 saturated carbocycles. The van der Waals surface area contributed by atoms with Crippen LogP contribution < -0.4 is 5.32 Å². The summed E-state index contributed by atoms with van der Waals surface area (Å²) in [6, 6.07) is 4.38. The summed E-state index contributed by atoms with van der Waals surface area (Å²) in [4.78, 5) is 11.7. The van der Waals surface area contributed by atoms with Crippen LogP contribution in [0.5, 0.6) is 0 Å². The molecule has 0 aliphatic carbocycles. The summed E-state index contributed by atoms with van der Waals surface area (Å²) in [6.45, 7) is 1.79. The Hall–Kier alpha value is -0.770. The van der Waals surface area contributed by atoms with Crippen molar-refractivity contribution >= 4 is 29.1 Å². The van der Waals surface area contributed by atoms with E-state index >= 15 is 0 Å². The molecular weight excluding hydrogens is 249 g/mol. The molecule has 1 amide bonds. The van der Waals surface area contributed by atoms with Gasteiger partial charge in [-0.2, -0.15) is 0 Å². The summed E-state index contributed by atoms with van der Waals surface area (Å²) in [5, 5.41) is 12.5. The van der Waals surface area contributed by atoms with Crippen molar-refractivity contribution in [1.29, 1.82) is 0 Å². The Labute approximate surface area is 104 Å². The minimum atomic E-state index is -0.287. The van der Waals surface area contributed by atoms with Gasteiger partial charge in [0.25, 0.3) is 5.91 Å². The number of benzene rings is 1. The lowest BCUT2D eigenvalue weighted by Gasteiger charge is -2.14. The van der Waals surface area contributed by atoms with E-state index in [0.717, 1.165) is 0 Å². The molecule has 0 aromatic heterocycles. The minimum Gasteiger partial charge on any atom is -0.394 e. The van der Waals surface area contributed by atoms with E-state index in [1.807, 2.05) is 6.92 Å². The summed E-state index contributed by atoms with van der Waals surface area (Å²) in [6.07, 6.45) is 0.663. The van der Waals surface area contributed by atoms with Crippen molar-refractivity contribution in [3.05, 3.63) is 33.8 Å². The SMILES string of the molecule is CCC(CO)NC(=O)c1cc(Cl)cc(Cl)c1. The highest BCUT2D eigenvalue weighted by atomic mass is 35.5. The molecule has 0 spiro atoms. The number of rotatable bonds is 4. The normalized spacial score (nSPS) is 12.2. The van der Waals surface area contributed by atoms with Crippen molar-refractivity contribution in [3.8, 4) is 0 Å². The van der Waals surface area contributed by atoms with Crippen LogP contribution in [0.1, 0.15) is 23.7 Å². The number of carbonyl (C=O) groups excluding carboxylic acids is 1. The molecule has 3 nitrogen and oxygen atoms in total. The number of aliphatic hydroxyl groups is 1. The van der Waals surface area contributed by atoms with Gasteiger partial charge in [0.05, 0.1) is 12.6 Å². The van der Waals surface area contributed by atoms with Crippen molar-refractivity contribution in [1.82, 2.24) is 5.32 Å². The zero-order valence-corrected chi connectivity index (χ0v) is 10.3.